The Labute approximate surface area is 97.2 Å². The van der Waals surface area contributed by atoms with Gasteiger partial charge in [0, 0.05) is 24.4 Å². The molecule has 88 valence electrons. The fraction of sp³-hybridized carbons (Fsp3) is 0.200. The molecule has 0 atom stereocenters. The second kappa shape index (κ2) is 6.07. The molecule has 7 heteroatoms. The standard InChI is InChI=1S/C10H10N4O3/c11-6-1-7-12-10(15)13-8-2-4-9(5-3-8)14(16)17/h2-5H,1,7H2,(H2,12,13,15). The lowest BCUT2D eigenvalue weighted by molar-refractivity contribution is -0.384. The summed E-state index contributed by atoms with van der Waals surface area (Å²) >= 11 is 0. The minimum absolute atomic E-state index is 0.0413. The van der Waals surface area contributed by atoms with Gasteiger partial charge in [-0.25, -0.2) is 4.79 Å². The van der Waals surface area contributed by atoms with Crippen LogP contribution in [0, 0.1) is 21.4 Å². The van der Waals surface area contributed by atoms with Crippen LogP contribution in [0.2, 0.25) is 0 Å². The fourth-order valence-electron chi connectivity index (χ4n) is 1.07. The van der Waals surface area contributed by atoms with Gasteiger partial charge in [-0.2, -0.15) is 5.26 Å². The maximum atomic E-state index is 11.2. The molecule has 1 aromatic rings. The number of nitrogens with one attached hydrogen (secondary N) is 2. The van der Waals surface area contributed by atoms with Crippen LogP contribution in [-0.2, 0) is 0 Å². The monoisotopic (exact) mass is 234 g/mol. The summed E-state index contributed by atoms with van der Waals surface area (Å²) in [5.41, 5.74) is 0.408. The van der Waals surface area contributed by atoms with E-state index in [4.69, 9.17) is 5.26 Å². The van der Waals surface area contributed by atoms with Crippen LogP contribution in [0.3, 0.4) is 0 Å². The SMILES string of the molecule is N#CCCNC(=O)Nc1ccc([N+](=O)[O-])cc1. The van der Waals surface area contributed by atoms with Crippen LogP contribution in [0.25, 0.3) is 0 Å². The molecule has 7 nitrogen and oxygen atoms in total. The summed E-state index contributed by atoms with van der Waals surface area (Å²) in [5, 5.41) is 23.6. The van der Waals surface area contributed by atoms with Crippen molar-refractivity contribution in [3.8, 4) is 6.07 Å². The van der Waals surface area contributed by atoms with Crippen molar-refractivity contribution in [3.63, 3.8) is 0 Å². The average Bonchev–Trinajstić information content (AvgIpc) is 2.30. The van der Waals surface area contributed by atoms with Gasteiger partial charge in [0.2, 0.25) is 0 Å². The number of non-ortho nitro benzene ring substituents is 1. The third kappa shape index (κ3) is 4.17. The molecule has 0 spiro atoms. The minimum Gasteiger partial charge on any atom is -0.337 e. The summed E-state index contributed by atoms with van der Waals surface area (Å²) in [6, 6.07) is 6.90. The van der Waals surface area contributed by atoms with E-state index in [1.807, 2.05) is 6.07 Å². The number of rotatable bonds is 4. The lowest BCUT2D eigenvalue weighted by Crippen LogP contribution is -2.29. The van der Waals surface area contributed by atoms with Gasteiger partial charge >= 0.3 is 6.03 Å². The predicted octanol–water partition coefficient (Wildman–Crippen LogP) is 1.63. The molecule has 0 saturated carbocycles. The Morgan fingerprint density at radius 2 is 2.06 bits per heavy atom. The first-order chi connectivity index (χ1) is 8.13. The number of benzene rings is 1. The molecule has 0 saturated heterocycles. The van der Waals surface area contributed by atoms with Crippen molar-refractivity contribution in [3.05, 3.63) is 34.4 Å². The van der Waals surface area contributed by atoms with Crippen molar-refractivity contribution in [2.45, 2.75) is 6.42 Å². The average molecular weight is 234 g/mol. The number of nitriles is 1. The molecule has 1 aromatic carbocycles. The molecule has 0 bridgehead atoms. The third-order valence-corrected chi connectivity index (χ3v) is 1.86. The number of anilines is 1. The summed E-state index contributed by atoms with van der Waals surface area (Å²) < 4.78 is 0. The number of hydrogen-bond acceptors (Lipinski definition) is 4. The Morgan fingerprint density at radius 3 is 2.59 bits per heavy atom. The molecular formula is C10H10N4O3. The zero-order chi connectivity index (χ0) is 12.7. The second-order valence-electron chi connectivity index (χ2n) is 3.09. The van der Waals surface area contributed by atoms with Crippen molar-refractivity contribution in [2.24, 2.45) is 0 Å². The molecule has 0 aliphatic carbocycles. The Morgan fingerprint density at radius 1 is 1.41 bits per heavy atom. The highest BCUT2D eigenvalue weighted by atomic mass is 16.6. The molecule has 0 heterocycles. The number of carbonyl (C=O) groups is 1. The summed E-state index contributed by atoms with van der Waals surface area (Å²) in [6.07, 6.45) is 0.230. The summed E-state index contributed by atoms with van der Waals surface area (Å²) in [5.74, 6) is 0. The summed E-state index contributed by atoms with van der Waals surface area (Å²) in [7, 11) is 0. The topological polar surface area (TPSA) is 108 Å². The minimum atomic E-state index is -0.517. The highest BCUT2D eigenvalue weighted by Crippen LogP contribution is 2.14. The first kappa shape index (κ1) is 12.4. The number of nitro benzene ring substituents is 1. The highest BCUT2D eigenvalue weighted by molar-refractivity contribution is 5.89. The second-order valence-corrected chi connectivity index (χ2v) is 3.09. The van der Waals surface area contributed by atoms with Crippen LogP contribution in [-0.4, -0.2) is 17.5 Å². The van der Waals surface area contributed by atoms with E-state index in [1.165, 1.54) is 24.3 Å². The van der Waals surface area contributed by atoms with Crippen LogP contribution < -0.4 is 10.6 Å². The largest absolute Gasteiger partial charge is 0.337 e. The molecule has 0 aliphatic rings. The molecule has 1 rings (SSSR count). The van der Waals surface area contributed by atoms with Crippen molar-refractivity contribution in [2.75, 3.05) is 11.9 Å². The van der Waals surface area contributed by atoms with Crippen LogP contribution in [0.15, 0.2) is 24.3 Å². The Kier molecular flexibility index (Phi) is 4.45. The molecule has 17 heavy (non-hydrogen) atoms. The Bertz CT molecular complexity index is 450. The lowest BCUT2D eigenvalue weighted by Gasteiger charge is -2.05. The lowest BCUT2D eigenvalue weighted by atomic mass is 10.3. The Hall–Kier alpha value is -2.62. The highest BCUT2D eigenvalue weighted by Gasteiger charge is 2.05. The predicted molar refractivity (Wildman–Crippen MR) is 60.3 cm³/mol. The third-order valence-electron chi connectivity index (χ3n) is 1.86. The number of hydrogen-bond donors (Lipinski definition) is 2. The molecule has 0 fully saturated rings. The number of amides is 2. The van der Waals surface area contributed by atoms with E-state index >= 15 is 0 Å². The van der Waals surface area contributed by atoms with E-state index in [9.17, 15) is 14.9 Å². The van der Waals surface area contributed by atoms with Gasteiger partial charge in [0.1, 0.15) is 0 Å². The van der Waals surface area contributed by atoms with E-state index in [-0.39, 0.29) is 18.7 Å². The van der Waals surface area contributed by atoms with Crippen molar-refractivity contribution in [1.29, 1.82) is 5.26 Å². The smallest absolute Gasteiger partial charge is 0.319 e. The molecule has 0 radical (unpaired) electrons. The summed E-state index contributed by atoms with van der Waals surface area (Å²) in [6.45, 7) is 0.259. The summed E-state index contributed by atoms with van der Waals surface area (Å²) in [4.78, 5) is 21.1. The molecule has 2 amide bonds. The van der Waals surface area contributed by atoms with Gasteiger partial charge in [-0.05, 0) is 12.1 Å². The zero-order valence-electron chi connectivity index (χ0n) is 8.84. The van der Waals surface area contributed by atoms with Crippen molar-refractivity contribution in [1.82, 2.24) is 5.32 Å². The van der Waals surface area contributed by atoms with Crippen LogP contribution in [0.5, 0.6) is 0 Å². The number of nitrogens with zero attached hydrogens (tertiary/aromatic N) is 2. The van der Waals surface area contributed by atoms with Crippen molar-refractivity contribution < 1.29 is 9.72 Å². The molecule has 0 unspecified atom stereocenters. The molecule has 2 N–H and O–H groups in total. The van der Waals surface area contributed by atoms with Gasteiger partial charge in [-0.3, -0.25) is 10.1 Å². The maximum absolute atomic E-state index is 11.2. The number of nitro groups is 1. The van der Waals surface area contributed by atoms with E-state index in [2.05, 4.69) is 10.6 Å². The quantitative estimate of drug-likeness (QED) is 0.468. The van der Waals surface area contributed by atoms with Gasteiger partial charge in [0.15, 0.2) is 0 Å². The first-order valence-corrected chi connectivity index (χ1v) is 4.79. The van der Waals surface area contributed by atoms with Gasteiger partial charge in [0.25, 0.3) is 5.69 Å². The van der Waals surface area contributed by atoms with Gasteiger partial charge in [-0.15, -0.1) is 0 Å². The van der Waals surface area contributed by atoms with Crippen LogP contribution in [0.1, 0.15) is 6.42 Å². The van der Waals surface area contributed by atoms with E-state index in [0.29, 0.717) is 5.69 Å². The van der Waals surface area contributed by atoms with Gasteiger partial charge in [0.05, 0.1) is 17.4 Å². The maximum Gasteiger partial charge on any atom is 0.319 e. The molecule has 0 aromatic heterocycles. The molecule has 0 aliphatic heterocycles. The molecular weight excluding hydrogens is 224 g/mol. The van der Waals surface area contributed by atoms with Crippen LogP contribution in [0.4, 0.5) is 16.2 Å². The first-order valence-electron chi connectivity index (χ1n) is 4.79. The normalized spacial score (nSPS) is 9.12. The van der Waals surface area contributed by atoms with E-state index in [1.54, 1.807) is 0 Å². The fourth-order valence-corrected chi connectivity index (χ4v) is 1.07. The van der Waals surface area contributed by atoms with Gasteiger partial charge < -0.3 is 10.6 Å². The van der Waals surface area contributed by atoms with Crippen molar-refractivity contribution >= 4 is 17.4 Å². The van der Waals surface area contributed by atoms with E-state index < -0.39 is 11.0 Å². The zero-order valence-corrected chi connectivity index (χ0v) is 8.84. The Balaban J connectivity index is 2.49. The van der Waals surface area contributed by atoms with Crippen LogP contribution >= 0.6 is 0 Å². The van der Waals surface area contributed by atoms with Gasteiger partial charge in [-0.1, -0.05) is 0 Å². The van der Waals surface area contributed by atoms with E-state index in [0.717, 1.165) is 0 Å². The number of carbonyl (C=O) groups excluding carboxylic acids is 1. The number of urea groups is 1.